The molecule has 1 aliphatic rings. The Balaban J connectivity index is 1.54. The van der Waals surface area contributed by atoms with Gasteiger partial charge in [-0.3, -0.25) is 4.79 Å². The Morgan fingerprint density at radius 3 is 2.58 bits per heavy atom. The predicted molar refractivity (Wildman–Crippen MR) is 152 cm³/mol. The highest BCUT2D eigenvalue weighted by Crippen LogP contribution is 2.41. The van der Waals surface area contributed by atoms with Crippen LogP contribution in [0.3, 0.4) is 0 Å². The summed E-state index contributed by atoms with van der Waals surface area (Å²) < 4.78 is 11.0. The van der Waals surface area contributed by atoms with E-state index in [4.69, 9.17) is 14.5 Å². The lowest BCUT2D eigenvalue weighted by atomic mass is 9.85. The van der Waals surface area contributed by atoms with Gasteiger partial charge in [-0.05, 0) is 81.0 Å². The molecule has 1 atom stereocenters. The first-order chi connectivity index (χ1) is 18.5. The van der Waals surface area contributed by atoms with Gasteiger partial charge < -0.3 is 14.8 Å². The van der Waals surface area contributed by atoms with Gasteiger partial charge in [-0.25, -0.2) is 9.78 Å². The summed E-state index contributed by atoms with van der Waals surface area (Å²) in [5.74, 6) is 0.742. The van der Waals surface area contributed by atoms with Gasteiger partial charge in [0.2, 0.25) is 0 Å². The molecule has 0 saturated heterocycles. The minimum absolute atomic E-state index is 0.271. The third kappa shape index (κ3) is 5.16. The van der Waals surface area contributed by atoms with Crippen LogP contribution in [0.4, 0.5) is 5.00 Å². The fraction of sp³-hybridized carbons (Fsp3) is 0.323. The Bertz CT molecular complexity index is 1480. The lowest BCUT2D eigenvalue weighted by Gasteiger charge is -2.20. The first kappa shape index (κ1) is 25.9. The number of para-hydroxylation sites is 1. The van der Waals surface area contributed by atoms with Crippen LogP contribution in [-0.4, -0.2) is 30.1 Å². The number of carbonyl (C=O) groups excluding carboxylic acids is 2. The first-order valence-electron chi connectivity index (χ1n) is 13.3. The third-order valence-electron chi connectivity index (χ3n) is 7.07. The molecule has 4 aromatic rings. The molecule has 196 valence electrons. The van der Waals surface area contributed by atoms with Crippen LogP contribution in [0.25, 0.3) is 22.2 Å². The summed E-state index contributed by atoms with van der Waals surface area (Å²) in [4.78, 5) is 32.8. The Hall–Kier alpha value is -3.71. The van der Waals surface area contributed by atoms with Crippen molar-refractivity contribution in [2.75, 3.05) is 18.5 Å². The van der Waals surface area contributed by atoms with Crippen molar-refractivity contribution >= 4 is 39.1 Å². The van der Waals surface area contributed by atoms with Crippen LogP contribution in [0.5, 0.6) is 5.75 Å². The van der Waals surface area contributed by atoms with Crippen LogP contribution in [0.1, 0.15) is 64.8 Å². The Morgan fingerprint density at radius 1 is 1.05 bits per heavy atom. The maximum atomic E-state index is 13.8. The van der Waals surface area contributed by atoms with Crippen molar-refractivity contribution in [3.05, 3.63) is 76.2 Å². The fourth-order valence-corrected chi connectivity index (χ4v) is 6.43. The summed E-state index contributed by atoms with van der Waals surface area (Å²) in [5, 5.41) is 4.41. The average molecular weight is 529 g/mol. The smallest absolute Gasteiger partial charge is 0.341 e. The van der Waals surface area contributed by atoms with Crippen LogP contribution < -0.4 is 10.1 Å². The zero-order valence-electron chi connectivity index (χ0n) is 22.0. The molecule has 1 amide bonds. The topological polar surface area (TPSA) is 77.5 Å². The number of nitrogens with zero attached hydrogens (tertiary/aromatic N) is 1. The van der Waals surface area contributed by atoms with Gasteiger partial charge in [0, 0.05) is 15.8 Å². The molecule has 2 aromatic carbocycles. The van der Waals surface area contributed by atoms with E-state index in [2.05, 4.69) is 12.2 Å². The van der Waals surface area contributed by atoms with Crippen molar-refractivity contribution in [2.45, 2.75) is 46.5 Å². The SMILES string of the molecule is CCOC(=O)c1c(NC(=O)c2cc(-c3ccc(OCC)cc3)nc3ccccc23)sc2c1CC[C@@H](CC)C2. The zero-order chi connectivity index (χ0) is 26.6. The maximum absolute atomic E-state index is 13.8. The van der Waals surface area contributed by atoms with E-state index in [9.17, 15) is 9.59 Å². The molecule has 0 fully saturated rings. The largest absolute Gasteiger partial charge is 0.494 e. The predicted octanol–water partition coefficient (Wildman–Crippen LogP) is 7.31. The lowest BCUT2D eigenvalue weighted by molar-refractivity contribution is 0.0526. The number of fused-ring (bicyclic) bond motifs is 2. The van der Waals surface area contributed by atoms with E-state index in [1.165, 1.54) is 16.2 Å². The molecule has 5 rings (SSSR count). The number of rotatable bonds is 8. The van der Waals surface area contributed by atoms with E-state index in [0.29, 0.717) is 34.3 Å². The fourth-order valence-electron chi connectivity index (χ4n) is 5.08. The number of aromatic nitrogens is 1. The second-order valence-corrected chi connectivity index (χ2v) is 10.5. The zero-order valence-corrected chi connectivity index (χ0v) is 22.8. The van der Waals surface area contributed by atoms with Gasteiger partial charge in [0.15, 0.2) is 0 Å². The number of thiophene rings is 1. The summed E-state index contributed by atoms with van der Waals surface area (Å²) in [5.41, 5.74) is 4.36. The number of benzene rings is 2. The standard InChI is InChI=1S/C31H32N2O4S/c1-4-19-11-16-23-27(17-19)38-30(28(23)31(35)37-6-3)33-29(34)24-18-26(32-25-10-8-7-9-22(24)25)20-12-14-21(15-13-20)36-5-2/h7-10,12-15,18-19H,4-6,11,16-17H2,1-3H3,(H,33,34)/t19-/m1/s1. The minimum Gasteiger partial charge on any atom is -0.494 e. The quantitative estimate of drug-likeness (QED) is 0.243. The van der Waals surface area contributed by atoms with Crippen LogP contribution in [0, 0.1) is 5.92 Å². The summed E-state index contributed by atoms with van der Waals surface area (Å²) in [6.45, 7) is 6.83. The van der Waals surface area contributed by atoms with Crippen LogP contribution in [0.15, 0.2) is 54.6 Å². The summed E-state index contributed by atoms with van der Waals surface area (Å²) >= 11 is 1.51. The molecule has 0 bridgehead atoms. The van der Waals surface area contributed by atoms with E-state index in [1.807, 2.05) is 61.5 Å². The maximum Gasteiger partial charge on any atom is 0.341 e. The highest BCUT2D eigenvalue weighted by Gasteiger charge is 2.30. The van der Waals surface area contributed by atoms with Gasteiger partial charge >= 0.3 is 5.97 Å². The molecule has 1 N–H and O–H groups in total. The molecule has 0 aliphatic heterocycles. The van der Waals surface area contributed by atoms with Gasteiger partial charge in [-0.15, -0.1) is 11.3 Å². The summed E-state index contributed by atoms with van der Waals surface area (Å²) in [7, 11) is 0. The normalized spacial score (nSPS) is 14.7. The lowest BCUT2D eigenvalue weighted by Crippen LogP contribution is -2.17. The minimum atomic E-state index is -0.370. The molecule has 6 nitrogen and oxygen atoms in total. The third-order valence-corrected chi connectivity index (χ3v) is 8.24. The molecule has 0 radical (unpaired) electrons. The van der Waals surface area contributed by atoms with Crippen molar-refractivity contribution in [2.24, 2.45) is 5.92 Å². The molecular formula is C31H32N2O4S. The number of carbonyl (C=O) groups is 2. The molecule has 1 aliphatic carbocycles. The second kappa shape index (κ2) is 11.4. The average Bonchev–Trinajstić information content (AvgIpc) is 3.30. The molecule has 2 aromatic heterocycles. The van der Waals surface area contributed by atoms with Crippen molar-refractivity contribution in [1.29, 1.82) is 0 Å². The molecular weight excluding hydrogens is 496 g/mol. The van der Waals surface area contributed by atoms with E-state index in [1.54, 1.807) is 6.92 Å². The summed E-state index contributed by atoms with van der Waals surface area (Å²) in [6.07, 6.45) is 3.90. The number of ether oxygens (including phenoxy) is 2. The van der Waals surface area contributed by atoms with Crippen molar-refractivity contribution in [3.63, 3.8) is 0 Å². The number of esters is 1. The van der Waals surface area contributed by atoms with E-state index in [0.717, 1.165) is 53.5 Å². The highest BCUT2D eigenvalue weighted by atomic mass is 32.1. The van der Waals surface area contributed by atoms with Gasteiger partial charge in [0.25, 0.3) is 5.91 Å². The Kier molecular flexibility index (Phi) is 7.74. The second-order valence-electron chi connectivity index (χ2n) is 9.43. The monoisotopic (exact) mass is 528 g/mol. The van der Waals surface area contributed by atoms with Crippen molar-refractivity contribution in [1.82, 2.24) is 4.98 Å². The number of nitrogens with one attached hydrogen (secondary N) is 1. The van der Waals surface area contributed by atoms with Crippen molar-refractivity contribution < 1.29 is 19.1 Å². The van der Waals surface area contributed by atoms with Crippen LogP contribution in [-0.2, 0) is 17.6 Å². The molecule has 7 heteroatoms. The Labute approximate surface area is 227 Å². The molecule has 0 unspecified atom stereocenters. The van der Waals surface area contributed by atoms with E-state index < -0.39 is 0 Å². The van der Waals surface area contributed by atoms with E-state index >= 15 is 0 Å². The van der Waals surface area contributed by atoms with Crippen LogP contribution in [0.2, 0.25) is 0 Å². The molecule has 2 heterocycles. The van der Waals surface area contributed by atoms with Crippen molar-refractivity contribution in [3.8, 4) is 17.0 Å². The Morgan fingerprint density at radius 2 is 1.84 bits per heavy atom. The first-order valence-corrected chi connectivity index (χ1v) is 14.1. The van der Waals surface area contributed by atoms with E-state index in [-0.39, 0.29) is 18.5 Å². The van der Waals surface area contributed by atoms with Gasteiger partial charge in [0.1, 0.15) is 10.8 Å². The van der Waals surface area contributed by atoms with Gasteiger partial charge in [-0.2, -0.15) is 0 Å². The number of hydrogen-bond donors (Lipinski definition) is 1. The molecule has 0 spiro atoms. The number of pyridine rings is 1. The molecule has 38 heavy (non-hydrogen) atoms. The number of amides is 1. The number of hydrogen-bond acceptors (Lipinski definition) is 6. The molecule has 0 saturated carbocycles. The summed E-state index contributed by atoms with van der Waals surface area (Å²) in [6, 6.07) is 17.1. The van der Waals surface area contributed by atoms with Gasteiger partial charge in [-0.1, -0.05) is 31.5 Å². The van der Waals surface area contributed by atoms with Gasteiger partial charge in [0.05, 0.1) is 35.6 Å². The van der Waals surface area contributed by atoms with Crippen LogP contribution >= 0.6 is 11.3 Å². The number of anilines is 1. The highest BCUT2D eigenvalue weighted by molar-refractivity contribution is 7.17.